The summed E-state index contributed by atoms with van der Waals surface area (Å²) in [6.45, 7) is 4.72. The molecule has 4 rings (SSSR count). The summed E-state index contributed by atoms with van der Waals surface area (Å²) >= 11 is 0. The van der Waals surface area contributed by atoms with E-state index >= 15 is 0 Å². The van der Waals surface area contributed by atoms with E-state index in [-0.39, 0.29) is 12.0 Å². The average Bonchev–Trinajstić information content (AvgIpc) is 3.07. The molecule has 1 fully saturated rings. The Kier molecular flexibility index (Phi) is 4.42. The van der Waals surface area contributed by atoms with Crippen LogP contribution in [0.3, 0.4) is 0 Å². The van der Waals surface area contributed by atoms with Crippen LogP contribution in [-0.2, 0) is 4.84 Å². The van der Waals surface area contributed by atoms with Crippen LogP contribution in [0, 0.1) is 13.8 Å². The van der Waals surface area contributed by atoms with Gasteiger partial charge in [0.05, 0.1) is 11.1 Å². The van der Waals surface area contributed by atoms with Crippen LogP contribution in [0.2, 0.25) is 0 Å². The van der Waals surface area contributed by atoms with E-state index in [1.54, 1.807) is 17.2 Å². The van der Waals surface area contributed by atoms with Crippen LogP contribution in [0.25, 0.3) is 11.2 Å². The van der Waals surface area contributed by atoms with Crippen LogP contribution < -0.4 is 0 Å². The molecule has 134 valence electrons. The number of hydrogen-bond donors (Lipinski definition) is 1. The minimum Gasteiger partial charge on any atom is -0.363 e. The molecule has 0 saturated carbocycles. The van der Waals surface area contributed by atoms with E-state index in [0.717, 1.165) is 47.5 Å². The van der Waals surface area contributed by atoms with Crippen molar-refractivity contribution < 1.29 is 9.63 Å². The van der Waals surface area contributed by atoms with Gasteiger partial charge in [0.25, 0.3) is 0 Å². The van der Waals surface area contributed by atoms with Crippen LogP contribution >= 0.6 is 0 Å². The summed E-state index contributed by atoms with van der Waals surface area (Å²) in [5.41, 5.74) is 4.29. The van der Waals surface area contributed by atoms with Gasteiger partial charge in [0.1, 0.15) is 11.9 Å². The number of pyridine rings is 1. The Hall–Kier alpha value is -2.73. The standard InChI is InChI=1S/C20H22N4O2/c1-13-12-14(2)21-19-17(13)22-18(23-19)16-10-6-7-11-24(16)26-20(25)15-8-4-3-5-9-15/h3-5,8-9,12,16H,6-7,10-11H2,1-2H3,(H,21,22,23)/t16-/m0/s1. The number of hydrogen-bond acceptors (Lipinski definition) is 5. The predicted molar refractivity (Wildman–Crippen MR) is 98.5 cm³/mol. The molecule has 6 nitrogen and oxygen atoms in total. The second-order valence-electron chi connectivity index (χ2n) is 6.80. The SMILES string of the molecule is Cc1cc(C)c2[nH]c([C@@H]3CCCCN3OC(=O)c3ccccc3)nc2n1. The van der Waals surface area contributed by atoms with Gasteiger partial charge in [-0.2, -0.15) is 0 Å². The van der Waals surface area contributed by atoms with Crippen LogP contribution in [0.4, 0.5) is 0 Å². The number of nitrogens with one attached hydrogen (secondary N) is 1. The Morgan fingerprint density at radius 2 is 2.00 bits per heavy atom. The third kappa shape index (κ3) is 3.20. The van der Waals surface area contributed by atoms with E-state index in [1.807, 2.05) is 38.1 Å². The van der Waals surface area contributed by atoms with Gasteiger partial charge in [-0.3, -0.25) is 0 Å². The van der Waals surface area contributed by atoms with E-state index in [1.165, 1.54) is 0 Å². The van der Waals surface area contributed by atoms with Gasteiger partial charge in [-0.15, -0.1) is 5.06 Å². The highest BCUT2D eigenvalue weighted by Gasteiger charge is 2.30. The van der Waals surface area contributed by atoms with E-state index in [2.05, 4.69) is 15.0 Å². The Bertz CT molecular complexity index is 936. The zero-order chi connectivity index (χ0) is 18.1. The lowest BCUT2D eigenvalue weighted by molar-refractivity contribution is -0.154. The van der Waals surface area contributed by atoms with Crippen molar-refractivity contribution in [2.45, 2.75) is 39.2 Å². The van der Waals surface area contributed by atoms with Crippen molar-refractivity contribution in [3.8, 4) is 0 Å². The third-order valence-electron chi connectivity index (χ3n) is 4.78. The van der Waals surface area contributed by atoms with Crippen molar-refractivity contribution in [3.63, 3.8) is 0 Å². The topological polar surface area (TPSA) is 71.1 Å². The Balaban J connectivity index is 1.61. The number of rotatable bonds is 3. The molecule has 0 radical (unpaired) electrons. The van der Waals surface area contributed by atoms with Crippen molar-refractivity contribution in [2.75, 3.05) is 6.54 Å². The van der Waals surface area contributed by atoms with Gasteiger partial charge in [0, 0.05) is 12.2 Å². The first-order valence-corrected chi connectivity index (χ1v) is 8.99. The molecule has 1 N–H and O–H groups in total. The highest BCUT2D eigenvalue weighted by Crippen LogP contribution is 2.31. The quantitative estimate of drug-likeness (QED) is 0.776. The zero-order valence-corrected chi connectivity index (χ0v) is 15.0. The molecule has 1 aromatic carbocycles. The third-order valence-corrected chi connectivity index (χ3v) is 4.78. The predicted octanol–water partition coefficient (Wildman–Crippen LogP) is 3.87. The lowest BCUT2D eigenvalue weighted by atomic mass is 10.0. The van der Waals surface area contributed by atoms with Gasteiger partial charge in [-0.1, -0.05) is 18.2 Å². The highest BCUT2D eigenvalue weighted by molar-refractivity contribution is 5.89. The molecule has 1 saturated heterocycles. The highest BCUT2D eigenvalue weighted by atomic mass is 16.7. The number of nitrogens with zero attached hydrogens (tertiary/aromatic N) is 3. The summed E-state index contributed by atoms with van der Waals surface area (Å²) in [5.74, 6) is 0.473. The normalized spacial score (nSPS) is 18.2. The van der Waals surface area contributed by atoms with Crippen LogP contribution in [-0.4, -0.2) is 32.5 Å². The number of carbonyl (C=O) groups is 1. The number of H-pyrrole nitrogens is 1. The monoisotopic (exact) mass is 350 g/mol. The molecule has 0 unspecified atom stereocenters. The van der Waals surface area contributed by atoms with E-state index in [0.29, 0.717) is 12.1 Å². The Morgan fingerprint density at radius 1 is 1.19 bits per heavy atom. The number of aromatic nitrogens is 3. The summed E-state index contributed by atoms with van der Waals surface area (Å²) in [4.78, 5) is 30.8. The average molecular weight is 350 g/mol. The Morgan fingerprint density at radius 3 is 2.81 bits per heavy atom. The minimum absolute atomic E-state index is 0.0784. The van der Waals surface area contributed by atoms with Gasteiger partial charge < -0.3 is 9.82 Å². The molecule has 3 heterocycles. The molecule has 0 spiro atoms. The molecular weight excluding hydrogens is 328 g/mol. The number of aromatic amines is 1. The number of fused-ring (bicyclic) bond motifs is 1. The molecule has 0 amide bonds. The summed E-state index contributed by atoms with van der Waals surface area (Å²) in [5, 5.41) is 1.76. The van der Waals surface area contributed by atoms with E-state index in [4.69, 9.17) is 4.84 Å². The second-order valence-corrected chi connectivity index (χ2v) is 6.80. The van der Waals surface area contributed by atoms with Crippen molar-refractivity contribution in [1.29, 1.82) is 0 Å². The number of carbonyl (C=O) groups excluding carboxylic acids is 1. The van der Waals surface area contributed by atoms with E-state index in [9.17, 15) is 4.79 Å². The first kappa shape index (κ1) is 16.7. The molecule has 1 aliphatic rings. The van der Waals surface area contributed by atoms with Gasteiger partial charge in [0.15, 0.2) is 5.65 Å². The van der Waals surface area contributed by atoms with Gasteiger partial charge in [-0.05, 0) is 56.9 Å². The number of aryl methyl sites for hydroxylation is 2. The zero-order valence-electron chi connectivity index (χ0n) is 15.0. The molecule has 0 aliphatic carbocycles. The van der Waals surface area contributed by atoms with Crippen LogP contribution in [0.1, 0.15) is 52.7 Å². The molecule has 3 aromatic rings. The fourth-order valence-corrected chi connectivity index (χ4v) is 3.50. The van der Waals surface area contributed by atoms with Gasteiger partial charge in [-0.25, -0.2) is 14.8 Å². The lowest BCUT2D eigenvalue weighted by Gasteiger charge is -2.32. The lowest BCUT2D eigenvalue weighted by Crippen LogP contribution is -2.36. The molecule has 26 heavy (non-hydrogen) atoms. The van der Waals surface area contributed by atoms with Crippen molar-refractivity contribution >= 4 is 17.1 Å². The number of imidazole rings is 1. The molecule has 1 aliphatic heterocycles. The summed E-state index contributed by atoms with van der Waals surface area (Å²) in [6.07, 6.45) is 2.96. The van der Waals surface area contributed by atoms with Crippen molar-refractivity contribution in [1.82, 2.24) is 20.0 Å². The van der Waals surface area contributed by atoms with Crippen LogP contribution in [0.15, 0.2) is 36.4 Å². The molecule has 2 aromatic heterocycles. The summed E-state index contributed by atoms with van der Waals surface area (Å²) in [7, 11) is 0. The molecule has 0 bridgehead atoms. The Labute approximate surface area is 152 Å². The van der Waals surface area contributed by atoms with Crippen LogP contribution in [0.5, 0.6) is 0 Å². The number of piperidine rings is 1. The number of hydroxylamine groups is 2. The summed E-state index contributed by atoms with van der Waals surface area (Å²) < 4.78 is 0. The van der Waals surface area contributed by atoms with Crippen molar-refractivity contribution in [2.24, 2.45) is 0 Å². The van der Waals surface area contributed by atoms with Gasteiger partial charge in [0.2, 0.25) is 0 Å². The number of benzene rings is 1. The second kappa shape index (κ2) is 6.88. The first-order valence-electron chi connectivity index (χ1n) is 8.99. The minimum atomic E-state index is -0.334. The van der Waals surface area contributed by atoms with E-state index < -0.39 is 0 Å². The fourth-order valence-electron chi connectivity index (χ4n) is 3.50. The molecular formula is C20H22N4O2. The molecule has 6 heteroatoms. The van der Waals surface area contributed by atoms with Gasteiger partial charge >= 0.3 is 5.97 Å². The first-order chi connectivity index (χ1) is 12.6. The maximum absolute atomic E-state index is 12.5. The smallest absolute Gasteiger partial charge is 0.357 e. The fraction of sp³-hybridized carbons (Fsp3) is 0.350. The van der Waals surface area contributed by atoms with Crippen molar-refractivity contribution in [3.05, 3.63) is 59.0 Å². The maximum Gasteiger partial charge on any atom is 0.357 e. The maximum atomic E-state index is 12.5. The summed E-state index contributed by atoms with van der Waals surface area (Å²) in [6, 6.07) is 11.0. The largest absolute Gasteiger partial charge is 0.363 e. The molecule has 1 atom stereocenters.